The van der Waals surface area contributed by atoms with Gasteiger partial charge in [-0.05, 0) is 33.3 Å². The van der Waals surface area contributed by atoms with E-state index in [1.807, 2.05) is 45.1 Å². The minimum Gasteiger partial charge on any atom is -0.341 e. The Hall–Kier alpha value is -1.48. The molecule has 1 saturated carbocycles. The zero-order valence-corrected chi connectivity index (χ0v) is 11.7. The molecular weight excluding hydrogens is 240 g/mol. The molecule has 0 N–H and O–H groups in total. The van der Waals surface area contributed by atoms with Crippen LogP contribution in [0.4, 0.5) is 0 Å². The molecule has 1 saturated heterocycles. The fraction of sp³-hybridized carbons (Fsp3) is 0.500. The molecule has 1 aliphatic heterocycles. The number of allylic oxidation sites excluding steroid dienone is 5. The lowest BCUT2D eigenvalue weighted by Gasteiger charge is -2.32. The molecule has 0 aromatic carbocycles. The van der Waals surface area contributed by atoms with Crippen molar-refractivity contribution in [1.82, 2.24) is 0 Å². The van der Waals surface area contributed by atoms with Gasteiger partial charge in [0.1, 0.15) is 0 Å². The summed E-state index contributed by atoms with van der Waals surface area (Å²) >= 11 is 0. The molecule has 2 fully saturated rings. The summed E-state index contributed by atoms with van der Waals surface area (Å²) in [5, 5.41) is 0. The second-order valence-corrected chi connectivity index (χ2v) is 5.99. The summed E-state index contributed by atoms with van der Waals surface area (Å²) in [6.07, 6.45) is 7.31. The van der Waals surface area contributed by atoms with Crippen molar-refractivity contribution in [3.8, 4) is 0 Å². The Morgan fingerprint density at radius 2 is 1.58 bits per heavy atom. The standard InChI is InChI=1S/C16H18O3/c1-9(2)10(3)16-14(18)12-8-6-5-7-11(12)13(17)15(16,4)19-16/h5-8,11-12H,1-4H3. The summed E-state index contributed by atoms with van der Waals surface area (Å²) in [4.78, 5) is 25.4. The number of Topliss-reactive ketones (excluding diaryl/α,β-unsaturated/α-hetero) is 2. The van der Waals surface area contributed by atoms with Crippen molar-refractivity contribution in [1.29, 1.82) is 0 Å². The molecule has 0 bridgehead atoms. The predicted molar refractivity (Wildman–Crippen MR) is 71.5 cm³/mol. The van der Waals surface area contributed by atoms with E-state index >= 15 is 0 Å². The van der Waals surface area contributed by atoms with Crippen LogP contribution in [0.25, 0.3) is 0 Å². The first-order valence-corrected chi connectivity index (χ1v) is 6.64. The van der Waals surface area contributed by atoms with Crippen LogP contribution in [-0.2, 0) is 14.3 Å². The van der Waals surface area contributed by atoms with E-state index in [0.29, 0.717) is 0 Å². The third-order valence-electron chi connectivity index (χ3n) is 4.82. The van der Waals surface area contributed by atoms with Crippen LogP contribution in [0.5, 0.6) is 0 Å². The lowest BCUT2D eigenvalue weighted by molar-refractivity contribution is -0.136. The van der Waals surface area contributed by atoms with Gasteiger partial charge in [-0.2, -0.15) is 0 Å². The van der Waals surface area contributed by atoms with Crippen molar-refractivity contribution >= 4 is 11.6 Å². The maximum absolute atomic E-state index is 12.8. The predicted octanol–water partition coefficient (Wildman–Crippen LogP) is 2.38. The summed E-state index contributed by atoms with van der Waals surface area (Å²) in [6.45, 7) is 7.55. The highest BCUT2D eigenvalue weighted by molar-refractivity contribution is 6.15. The maximum Gasteiger partial charge on any atom is 0.185 e. The minimum absolute atomic E-state index is 0.0262. The van der Waals surface area contributed by atoms with Crippen LogP contribution in [-0.4, -0.2) is 22.8 Å². The Bertz CT molecular complexity index is 577. The molecule has 4 atom stereocenters. The van der Waals surface area contributed by atoms with E-state index in [1.54, 1.807) is 6.92 Å². The van der Waals surface area contributed by atoms with Crippen LogP contribution in [0.3, 0.4) is 0 Å². The number of hydrogen-bond donors (Lipinski definition) is 0. The number of ketones is 2. The van der Waals surface area contributed by atoms with Crippen LogP contribution < -0.4 is 0 Å². The maximum atomic E-state index is 12.8. The second kappa shape index (κ2) is 3.54. The molecule has 3 nitrogen and oxygen atoms in total. The van der Waals surface area contributed by atoms with E-state index in [-0.39, 0.29) is 23.4 Å². The van der Waals surface area contributed by atoms with Gasteiger partial charge in [0.2, 0.25) is 0 Å². The first-order chi connectivity index (χ1) is 8.86. The van der Waals surface area contributed by atoms with Gasteiger partial charge in [-0.3, -0.25) is 9.59 Å². The molecule has 2 aliphatic carbocycles. The zero-order chi connectivity index (χ0) is 14.0. The molecule has 0 aromatic heterocycles. The van der Waals surface area contributed by atoms with Crippen LogP contribution in [0.15, 0.2) is 35.5 Å². The molecule has 100 valence electrons. The van der Waals surface area contributed by atoms with Gasteiger partial charge in [-0.25, -0.2) is 0 Å². The molecule has 0 aromatic rings. The minimum atomic E-state index is -1.01. The largest absolute Gasteiger partial charge is 0.341 e. The van der Waals surface area contributed by atoms with Gasteiger partial charge < -0.3 is 4.74 Å². The van der Waals surface area contributed by atoms with Crippen molar-refractivity contribution in [3.63, 3.8) is 0 Å². The van der Waals surface area contributed by atoms with Gasteiger partial charge >= 0.3 is 0 Å². The number of carbonyl (C=O) groups excluding carboxylic acids is 2. The fourth-order valence-corrected chi connectivity index (χ4v) is 3.42. The molecule has 1 heterocycles. The quantitative estimate of drug-likeness (QED) is 0.536. The molecule has 3 aliphatic rings. The van der Waals surface area contributed by atoms with E-state index in [9.17, 15) is 9.59 Å². The van der Waals surface area contributed by atoms with Crippen molar-refractivity contribution in [3.05, 3.63) is 35.5 Å². The number of fused-ring (bicyclic) bond motifs is 2. The highest BCUT2D eigenvalue weighted by atomic mass is 16.6. The topological polar surface area (TPSA) is 46.7 Å². The second-order valence-electron chi connectivity index (χ2n) is 5.99. The van der Waals surface area contributed by atoms with Gasteiger partial charge in [0.25, 0.3) is 0 Å². The van der Waals surface area contributed by atoms with Crippen LogP contribution >= 0.6 is 0 Å². The summed E-state index contributed by atoms with van der Waals surface area (Å²) in [6, 6.07) is 0. The van der Waals surface area contributed by atoms with Crippen LogP contribution in [0, 0.1) is 11.8 Å². The highest BCUT2D eigenvalue weighted by Crippen LogP contribution is 2.61. The van der Waals surface area contributed by atoms with Gasteiger partial charge in [-0.1, -0.05) is 29.9 Å². The van der Waals surface area contributed by atoms with E-state index in [2.05, 4.69) is 0 Å². The fourth-order valence-electron chi connectivity index (χ4n) is 3.42. The molecule has 3 rings (SSSR count). The Morgan fingerprint density at radius 1 is 1.05 bits per heavy atom. The summed E-state index contributed by atoms with van der Waals surface area (Å²) in [7, 11) is 0. The van der Waals surface area contributed by atoms with Gasteiger partial charge in [0.05, 0.1) is 11.8 Å². The average Bonchev–Trinajstić information content (AvgIpc) is 3.05. The molecule has 0 spiro atoms. The number of carbonyl (C=O) groups is 2. The summed E-state index contributed by atoms with van der Waals surface area (Å²) < 4.78 is 5.77. The Kier molecular flexibility index (Phi) is 2.34. The van der Waals surface area contributed by atoms with E-state index in [1.165, 1.54) is 0 Å². The zero-order valence-electron chi connectivity index (χ0n) is 11.7. The highest BCUT2D eigenvalue weighted by Gasteiger charge is 2.80. The normalized spacial score (nSPS) is 42.7. The number of epoxide rings is 1. The first kappa shape index (κ1) is 12.5. The van der Waals surface area contributed by atoms with Gasteiger partial charge in [0.15, 0.2) is 22.8 Å². The monoisotopic (exact) mass is 258 g/mol. The van der Waals surface area contributed by atoms with Crippen molar-refractivity contribution in [2.75, 3.05) is 0 Å². The van der Waals surface area contributed by atoms with E-state index in [4.69, 9.17) is 4.74 Å². The Morgan fingerprint density at radius 3 is 2.11 bits per heavy atom. The molecule has 3 heteroatoms. The van der Waals surface area contributed by atoms with Crippen LogP contribution in [0.1, 0.15) is 27.7 Å². The number of rotatable bonds is 1. The van der Waals surface area contributed by atoms with E-state index < -0.39 is 11.2 Å². The van der Waals surface area contributed by atoms with Crippen molar-refractivity contribution in [2.24, 2.45) is 11.8 Å². The third-order valence-corrected chi connectivity index (χ3v) is 4.82. The molecule has 0 amide bonds. The number of hydrogen-bond acceptors (Lipinski definition) is 3. The average molecular weight is 258 g/mol. The molecular formula is C16H18O3. The summed E-state index contributed by atoms with van der Waals surface area (Å²) in [5.41, 5.74) is -0.0599. The van der Waals surface area contributed by atoms with E-state index in [0.717, 1.165) is 11.1 Å². The number of ether oxygens (including phenoxy) is 1. The smallest absolute Gasteiger partial charge is 0.185 e. The first-order valence-electron chi connectivity index (χ1n) is 6.64. The van der Waals surface area contributed by atoms with Gasteiger partial charge in [0, 0.05) is 0 Å². The molecule has 19 heavy (non-hydrogen) atoms. The Labute approximate surface area is 113 Å². The van der Waals surface area contributed by atoms with Gasteiger partial charge in [-0.15, -0.1) is 0 Å². The lowest BCUT2D eigenvalue weighted by atomic mass is 9.63. The molecule has 4 unspecified atom stereocenters. The SMILES string of the molecule is CC(C)=C(C)C12OC1(C)C(=O)C1C=CC=CC1C2=O. The van der Waals surface area contributed by atoms with Crippen LogP contribution in [0.2, 0.25) is 0 Å². The van der Waals surface area contributed by atoms with Crippen molar-refractivity contribution < 1.29 is 14.3 Å². The lowest BCUT2D eigenvalue weighted by Crippen LogP contribution is -2.52. The Balaban J connectivity index is 2.14. The van der Waals surface area contributed by atoms with Crippen molar-refractivity contribution in [2.45, 2.75) is 38.9 Å². The molecule has 0 radical (unpaired) electrons. The summed E-state index contributed by atoms with van der Waals surface area (Å²) in [5.74, 6) is -0.678. The third kappa shape index (κ3) is 1.26.